The molecule has 0 N–H and O–H groups in total. The van der Waals surface area contributed by atoms with Crippen LogP contribution in [0.15, 0.2) is 48.5 Å². The summed E-state index contributed by atoms with van der Waals surface area (Å²) in [6.45, 7) is 2.66. The molecule has 6 heteroatoms. The van der Waals surface area contributed by atoms with Crippen molar-refractivity contribution in [1.82, 2.24) is 4.90 Å². The van der Waals surface area contributed by atoms with Gasteiger partial charge in [-0.05, 0) is 42.3 Å². The van der Waals surface area contributed by atoms with Crippen LogP contribution >= 0.6 is 0 Å². The molecule has 0 spiro atoms. The largest absolute Gasteiger partial charge is 0.335 e. The third-order valence-electron chi connectivity index (χ3n) is 3.56. The maximum absolute atomic E-state index is 13.3. The molecule has 0 saturated carbocycles. The normalized spacial score (nSPS) is 11.3. The van der Waals surface area contributed by atoms with Gasteiger partial charge in [-0.1, -0.05) is 24.3 Å². The summed E-state index contributed by atoms with van der Waals surface area (Å²) < 4.78 is 35.9. The zero-order chi connectivity index (χ0) is 17.7. The van der Waals surface area contributed by atoms with Crippen LogP contribution in [0.5, 0.6) is 0 Å². The highest BCUT2D eigenvalue weighted by molar-refractivity contribution is 7.89. The van der Waals surface area contributed by atoms with E-state index in [2.05, 4.69) is 0 Å². The number of rotatable bonds is 6. The number of sulfone groups is 1. The van der Waals surface area contributed by atoms with E-state index in [4.69, 9.17) is 0 Å². The molecule has 2 aromatic rings. The molecule has 0 atom stereocenters. The van der Waals surface area contributed by atoms with Gasteiger partial charge in [0.1, 0.15) is 5.82 Å². The van der Waals surface area contributed by atoms with Crippen molar-refractivity contribution in [2.45, 2.75) is 19.2 Å². The number of amides is 1. The van der Waals surface area contributed by atoms with Crippen molar-refractivity contribution in [3.05, 3.63) is 71.0 Å². The molecule has 24 heavy (non-hydrogen) atoms. The molecule has 0 bridgehead atoms. The van der Waals surface area contributed by atoms with Gasteiger partial charge >= 0.3 is 0 Å². The van der Waals surface area contributed by atoms with E-state index >= 15 is 0 Å². The zero-order valence-electron chi connectivity index (χ0n) is 13.7. The van der Waals surface area contributed by atoms with E-state index in [1.807, 2.05) is 6.92 Å². The van der Waals surface area contributed by atoms with E-state index in [9.17, 15) is 17.6 Å². The van der Waals surface area contributed by atoms with Crippen molar-refractivity contribution < 1.29 is 17.6 Å². The first-order valence-corrected chi connectivity index (χ1v) is 9.65. The Bertz CT molecular complexity index is 816. The molecule has 4 nitrogen and oxygen atoms in total. The summed E-state index contributed by atoms with van der Waals surface area (Å²) in [6, 6.07) is 12.7. The van der Waals surface area contributed by atoms with E-state index < -0.39 is 9.84 Å². The Balaban J connectivity index is 2.13. The first kappa shape index (κ1) is 18.1. The van der Waals surface area contributed by atoms with E-state index in [0.717, 1.165) is 5.56 Å². The summed E-state index contributed by atoms with van der Waals surface area (Å²) in [5.41, 5.74) is 1.84. The fourth-order valence-corrected chi connectivity index (χ4v) is 3.21. The van der Waals surface area contributed by atoms with Crippen LogP contribution in [0.4, 0.5) is 4.39 Å². The number of carbonyl (C=O) groups is 1. The average molecular weight is 349 g/mol. The number of hydrogen-bond donors (Lipinski definition) is 0. The average Bonchev–Trinajstić information content (AvgIpc) is 2.51. The fourth-order valence-electron chi connectivity index (χ4n) is 2.41. The van der Waals surface area contributed by atoms with Gasteiger partial charge in [-0.3, -0.25) is 4.79 Å². The Hall–Kier alpha value is -2.21. The molecule has 2 rings (SSSR count). The van der Waals surface area contributed by atoms with Crippen molar-refractivity contribution in [2.75, 3.05) is 12.8 Å². The molecule has 0 saturated heterocycles. The molecule has 0 aliphatic rings. The number of carbonyl (C=O) groups excluding carboxylic acids is 1. The van der Waals surface area contributed by atoms with E-state index in [1.54, 1.807) is 41.3 Å². The minimum Gasteiger partial charge on any atom is -0.335 e. The van der Waals surface area contributed by atoms with Crippen molar-refractivity contribution >= 4 is 15.7 Å². The Morgan fingerprint density at radius 2 is 1.75 bits per heavy atom. The standard InChI is InChI=1S/C18H20FNO3S/c1-3-20(12-15-5-4-6-17(19)11-15)18(21)16-9-7-14(8-10-16)13-24(2,22)23/h4-11H,3,12-13H2,1-2H3. The lowest BCUT2D eigenvalue weighted by molar-refractivity contribution is 0.0752. The second-order valence-electron chi connectivity index (χ2n) is 5.72. The third-order valence-corrected chi connectivity index (χ3v) is 4.42. The van der Waals surface area contributed by atoms with Crippen LogP contribution in [0, 0.1) is 5.82 Å². The number of halogens is 1. The van der Waals surface area contributed by atoms with Gasteiger partial charge in [0.2, 0.25) is 0 Å². The summed E-state index contributed by atoms with van der Waals surface area (Å²) in [7, 11) is -3.11. The molecule has 0 unspecified atom stereocenters. The zero-order valence-corrected chi connectivity index (χ0v) is 14.5. The number of hydrogen-bond acceptors (Lipinski definition) is 3. The van der Waals surface area contributed by atoms with Gasteiger partial charge < -0.3 is 4.90 Å². The lowest BCUT2D eigenvalue weighted by Crippen LogP contribution is -2.30. The van der Waals surface area contributed by atoms with Gasteiger partial charge in [-0.15, -0.1) is 0 Å². The minimum atomic E-state index is -3.11. The highest BCUT2D eigenvalue weighted by Crippen LogP contribution is 2.13. The topological polar surface area (TPSA) is 54.5 Å². The lowest BCUT2D eigenvalue weighted by atomic mass is 10.1. The molecule has 0 heterocycles. The summed E-state index contributed by atoms with van der Waals surface area (Å²) in [6.07, 6.45) is 1.17. The van der Waals surface area contributed by atoms with Crippen molar-refractivity contribution in [3.8, 4) is 0 Å². The van der Waals surface area contributed by atoms with Gasteiger partial charge in [0.15, 0.2) is 9.84 Å². The van der Waals surface area contributed by atoms with Crippen LogP contribution < -0.4 is 0 Å². The second kappa shape index (κ2) is 7.57. The van der Waals surface area contributed by atoms with Crippen LogP contribution in [0.1, 0.15) is 28.4 Å². The fraction of sp³-hybridized carbons (Fsp3) is 0.278. The molecule has 0 radical (unpaired) electrons. The van der Waals surface area contributed by atoms with Gasteiger partial charge in [-0.2, -0.15) is 0 Å². The molecular weight excluding hydrogens is 329 g/mol. The number of benzene rings is 2. The Morgan fingerprint density at radius 3 is 2.29 bits per heavy atom. The van der Waals surface area contributed by atoms with E-state index in [1.165, 1.54) is 18.4 Å². The van der Waals surface area contributed by atoms with Gasteiger partial charge in [0.05, 0.1) is 5.75 Å². The number of nitrogens with zero attached hydrogens (tertiary/aromatic N) is 1. The van der Waals surface area contributed by atoms with Crippen molar-refractivity contribution in [2.24, 2.45) is 0 Å². The van der Waals surface area contributed by atoms with E-state index in [0.29, 0.717) is 24.2 Å². The van der Waals surface area contributed by atoms with E-state index in [-0.39, 0.29) is 17.5 Å². The maximum Gasteiger partial charge on any atom is 0.254 e. The van der Waals surface area contributed by atoms with Gasteiger partial charge in [0, 0.05) is 24.9 Å². The molecule has 128 valence electrons. The summed E-state index contributed by atoms with van der Waals surface area (Å²) in [4.78, 5) is 14.2. The summed E-state index contributed by atoms with van der Waals surface area (Å²) >= 11 is 0. The van der Waals surface area contributed by atoms with Crippen LogP contribution in [0.25, 0.3) is 0 Å². The smallest absolute Gasteiger partial charge is 0.254 e. The monoisotopic (exact) mass is 349 g/mol. The molecule has 2 aromatic carbocycles. The van der Waals surface area contributed by atoms with Crippen LogP contribution in [0.3, 0.4) is 0 Å². The molecule has 0 aliphatic heterocycles. The van der Waals surface area contributed by atoms with Gasteiger partial charge in [-0.25, -0.2) is 12.8 Å². The van der Waals surface area contributed by atoms with Crippen LogP contribution in [0.2, 0.25) is 0 Å². The highest BCUT2D eigenvalue weighted by atomic mass is 32.2. The first-order valence-electron chi connectivity index (χ1n) is 7.59. The summed E-state index contributed by atoms with van der Waals surface area (Å²) in [5, 5.41) is 0. The lowest BCUT2D eigenvalue weighted by Gasteiger charge is -2.21. The minimum absolute atomic E-state index is 0.0533. The Kier molecular flexibility index (Phi) is 5.72. The Labute approximate surface area is 141 Å². The molecule has 0 fully saturated rings. The predicted octanol–water partition coefficient (Wildman–Crippen LogP) is 3.03. The molecule has 0 aromatic heterocycles. The predicted molar refractivity (Wildman–Crippen MR) is 91.8 cm³/mol. The van der Waals surface area contributed by atoms with Crippen molar-refractivity contribution in [1.29, 1.82) is 0 Å². The maximum atomic E-state index is 13.3. The van der Waals surface area contributed by atoms with Gasteiger partial charge in [0.25, 0.3) is 5.91 Å². The molecule has 1 amide bonds. The third kappa shape index (κ3) is 5.16. The summed E-state index contributed by atoms with van der Waals surface area (Å²) in [5.74, 6) is -0.559. The Morgan fingerprint density at radius 1 is 1.08 bits per heavy atom. The first-order chi connectivity index (χ1) is 11.3. The second-order valence-corrected chi connectivity index (χ2v) is 7.86. The quantitative estimate of drug-likeness (QED) is 0.805. The molecule has 0 aliphatic carbocycles. The molecular formula is C18H20FNO3S. The van der Waals surface area contributed by atoms with Crippen LogP contribution in [-0.4, -0.2) is 32.0 Å². The highest BCUT2D eigenvalue weighted by Gasteiger charge is 2.15. The SMILES string of the molecule is CCN(Cc1cccc(F)c1)C(=O)c1ccc(CS(C)(=O)=O)cc1. The van der Waals surface area contributed by atoms with Crippen LogP contribution in [-0.2, 0) is 22.1 Å². The van der Waals surface area contributed by atoms with Crippen molar-refractivity contribution in [3.63, 3.8) is 0 Å².